The Morgan fingerprint density at radius 2 is 2.05 bits per heavy atom. The lowest BCUT2D eigenvalue weighted by Gasteiger charge is -2.28. The number of alkyl halides is 1. The molecule has 1 aromatic heterocycles. The number of hydrogen-bond acceptors (Lipinski definition) is 3. The number of fused-ring (bicyclic) bond motifs is 1. The molecule has 4 nitrogen and oxygen atoms in total. The molecule has 116 valence electrons. The summed E-state index contributed by atoms with van der Waals surface area (Å²) in [5.74, 6) is 2.66. The summed E-state index contributed by atoms with van der Waals surface area (Å²) < 4.78 is 7.63. The van der Waals surface area contributed by atoms with Crippen LogP contribution in [-0.2, 0) is 5.88 Å². The van der Waals surface area contributed by atoms with E-state index in [9.17, 15) is 0 Å². The highest BCUT2D eigenvalue weighted by Crippen LogP contribution is 2.29. The number of rotatable bonds is 6. The van der Waals surface area contributed by atoms with Crippen molar-refractivity contribution in [2.75, 3.05) is 27.7 Å². The average molecular weight is 310 g/mol. The Balaban J connectivity index is 2.62. The molecule has 2 aromatic rings. The summed E-state index contributed by atoms with van der Waals surface area (Å²) >= 11 is 6.13. The fourth-order valence-electron chi connectivity index (χ4n) is 2.68. The lowest BCUT2D eigenvalue weighted by Crippen LogP contribution is -2.29. The molecule has 5 heteroatoms. The summed E-state index contributed by atoms with van der Waals surface area (Å²) in [6.07, 6.45) is 0. The molecule has 1 atom stereocenters. The smallest absolute Gasteiger partial charge is 0.125 e. The molecule has 0 radical (unpaired) electrons. The fourth-order valence-corrected chi connectivity index (χ4v) is 2.87. The first kappa shape index (κ1) is 16.1. The number of likely N-dealkylation sites (N-methyl/N-ethyl adjacent to an activating group) is 1. The maximum atomic E-state index is 6.13. The third-order valence-corrected chi connectivity index (χ3v) is 3.98. The van der Waals surface area contributed by atoms with E-state index in [1.807, 2.05) is 18.2 Å². The molecule has 0 saturated carbocycles. The van der Waals surface area contributed by atoms with Gasteiger partial charge in [-0.3, -0.25) is 0 Å². The molecule has 0 aliphatic heterocycles. The molecule has 0 aliphatic rings. The van der Waals surface area contributed by atoms with Gasteiger partial charge in [-0.1, -0.05) is 13.8 Å². The van der Waals surface area contributed by atoms with Crippen molar-refractivity contribution < 1.29 is 4.74 Å². The SMILES string of the molecule is COc1ccc2nc(CCl)n(C(CN(C)C)C(C)C)c2c1. The normalized spacial score (nSPS) is 13.3. The maximum Gasteiger partial charge on any atom is 0.125 e. The van der Waals surface area contributed by atoms with Crippen LogP contribution in [0.15, 0.2) is 18.2 Å². The Hall–Kier alpha value is -1.26. The third-order valence-electron chi connectivity index (χ3n) is 3.74. The van der Waals surface area contributed by atoms with E-state index in [1.165, 1.54) is 0 Å². The molecule has 1 heterocycles. The number of ether oxygens (including phenoxy) is 1. The Labute approximate surface area is 131 Å². The Morgan fingerprint density at radius 3 is 2.57 bits per heavy atom. The lowest BCUT2D eigenvalue weighted by atomic mass is 10.0. The standard InChI is InChI=1S/C16H24ClN3O/c1-11(2)15(10-19(3)4)20-14-8-12(21-5)6-7-13(14)18-16(20)9-17/h6-8,11,15H,9-10H2,1-5H3. The monoisotopic (exact) mass is 309 g/mol. The molecule has 2 rings (SSSR count). The summed E-state index contributed by atoms with van der Waals surface area (Å²) in [5, 5.41) is 0. The first-order valence-corrected chi connectivity index (χ1v) is 7.77. The molecule has 0 spiro atoms. The van der Waals surface area contributed by atoms with Crippen LogP contribution in [0.25, 0.3) is 11.0 Å². The first-order valence-electron chi connectivity index (χ1n) is 7.23. The zero-order valence-electron chi connectivity index (χ0n) is 13.4. The molecular weight excluding hydrogens is 286 g/mol. The molecule has 0 amide bonds. The Kier molecular flexibility index (Phi) is 5.12. The van der Waals surface area contributed by atoms with Gasteiger partial charge < -0.3 is 14.2 Å². The summed E-state index contributed by atoms with van der Waals surface area (Å²) in [7, 11) is 5.87. The number of methoxy groups -OCH3 is 1. The second-order valence-corrected chi connectivity index (χ2v) is 6.23. The number of imidazole rings is 1. The fraction of sp³-hybridized carbons (Fsp3) is 0.562. The summed E-state index contributed by atoms with van der Waals surface area (Å²) in [6, 6.07) is 6.30. The highest BCUT2D eigenvalue weighted by molar-refractivity contribution is 6.16. The van der Waals surface area contributed by atoms with Crippen LogP contribution in [0.4, 0.5) is 0 Å². The third kappa shape index (κ3) is 3.33. The highest BCUT2D eigenvalue weighted by Gasteiger charge is 2.22. The van der Waals surface area contributed by atoms with E-state index in [0.717, 1.165) is 29.2 Å². The van der Waals surface area contributed by atoms with Gasteiger partial charge in [0.25, 0.3) is 0 Å². The second kappa shape index (κ2) is 6.67. The van der Waals surface area contributed by atoms with Crippen molar-refractivity contribution in [2.24, 2.45) is 5.92 Å². The minimum absolute atomic E-state index is 0.325. The zero-order valence-corrected chi connectivity index (χ0v) is 14.2. The second-order valence-electron chi connectivity index (χ2n) is 5.96. The van der Waals surface area contributed by atoms with E-state index in [-0.39, 0.29) is 0 Å². The van der Waals surface area contributed by atoms with Gasteiger partial charge in [0.1, 0.15) is 11.6 Å². The molecule has 1 aromatic carbocycles. The number of aromatic nitrogens is 2. The van der Waals surface area contributed by atoms with Crippen molar-refractivity contribution in [1.29, 1.82) is 0 Å². The molecule has 0 bridgehead atoms. The topological polar surface area (TPSA) is 30.3 Å². The van der Waals surface area contributed by atoms with Gasteiger partial charge in [0.15, 0.2) is 0 Å². The number of halogens is 1. The van der Waals surface area contributed by atoms with Gasteiger partial charge in [-0.05, 0) is 32.1 Å². The summed E-state index contributed by atoms with van der Waals surface area (Å²) in [6.45, 7) is 5.42. The van der Waals surface area contributed by atoms with Crippen LogP contribution in [0.3, 0.4) is 0 Å². The molecule has 0 N–H and O–H groups in total. The van der Waals surface area contributed by atoms with Gasteiger partial charge in [-0.2, -0.15) is 0 Å². The average Bonchev–Trinajstić information content (AvgIpc) is 2.81. The predicted molar refractivity (Wildman–Crippen MR) is 88.3 cm³/mol. The van der Waals surface area contributed by atoms with E-state index in [0.29, 0.717) is 17.8 Å². The molecule has 1 unspecified atom stereocenters. The Morgan fingerprint density at radius 1 is 1.33 bits per heavy atom. The van der Waals surface area contributed by atoms with Gasteiger partial charge in [0.2, 0.25) is 0 Å². The van der Waals surface area contributed by atoms with Crippen molar-refractivity contribution in [3.05, 3.63) is 24.0 Å². The minimum Gasteiger partial charge on any atom is -0.497 e. The minimum atomic E-state index is 0.325. The van der Waals surface area contributed by atoms with Crippen LogP contribution in [0, 0.1) is 5.92 Å². The molecule has 0 fully saturated rings. The van der Waals surface area contributed by atoms with Crippen LogP contribution in [0.2, 0.25) is 0 Å². The van der Waals surface area contributed by atoms with Gasteiger partial charge >= 0.3 is 0 Å². The van der Waals surface area contributed by atoms with E-state index in [1.54, 1.807) is 7.11 Å². The highest BCUT2D eigenvalue weighted by atomic mass is 35.5. The molecule has 0 aliphatic carbocycles. The van der Waals surface area contributed by atoms with Crippen LogP contribution < -0.4 is 4.74 Å². The van der Waals surface area contributed by atoms with Crippen LogP contribution in [0.1, 0.15) is 25.7 Å². The number of hydrogen-bond donors (Lipinski definition) is 0. The van der Waals surface area contributed by atoms with Gasteiger partial charge in [-0.25, -0.2) is 4.98 Å². The van der Waals surface area contributed by atoms with E-state index >= 15 is 0 Å². The molecular formula is C16H24ClN3O. The van der Waals surface area contributed by atoms with Crippen LogP contribution in [-0.4, -0.2) is 42.2 Å². The zero-order chi connectivity index (χ0) is 15.6. The summed E-state index contributed by atoms with van der Waals surface area (Å²) in [5.41, 5.74) is 2.06. The van der Waals surface area contributed by atoms with Crippen molar-refractivity contribution >= 4 is 22.6 Å². The maximum absolute atomic E-state index is 6.13. The first-order chi connectivity index (χ1) is 9.97. The van der Waals surface area contributed by atoms with E-state index in [2.05, 4.69) is 42.4 Å². The van der Waals surface area contributed by atoms with Crippen molar-refractivity contribution in [3.8, 4) is 5.75 Å². The van der Waals surface area contributed by atoms with Crippen LogP contribution in [0.5, 0.6) is 5.75 Å². The Bertz CT molecular complexity index is 607. The van der Waals surface area contributed by atoms with Gasteiger partial charge in [0, 0.05) is 12.6 Å². The summed E-state index contributed by atoms with van der Waals surface area (Å²) in [4.78, 5) is 6.88. The quantitative estimate of drug-likeness (QED) is 0.765. The van der Waals surface area contributed by atoms with Crippen LogP contribution >= 0.6 is 11.6 Å². The van der Waals surface area contributed by atoms with Gasteiger partial charge in [0.05, 0.1) is 30.1 Å². The van der Waals surface area contributed by atoms with E-state index in [4.69, 9.17) is 16.3 Å². The van der Waals surface area contributed by atoms with Crippen molar-refractivity contribution in [2.45, 2.75) is 25.8 Å². The predicted octanol–water partition coefficient (Wildman–Crippen LogP) is 3.54. The number of benzene rings is 1. The largest absolute Gasteiger partial charge is 0.497 e. The lowest BCUT2D eigenvalue weighted by molar-refractivity contribution is 0.270. The van der Waals surface area contributed by atoms with E-state index < -0.39 is 0 Å². The molecule has 0 saturated heterocycles. The molecule has 21 heavy (non-hydrogen) atoms. The van der Waals surface area contributed by atoms with Gasteiger partial charge in [-0.15, -0.1) is 11.6 Å². The van der Waals surface area contributed by atoms with Crippen molar-refractivity contribution in [1.82, 2.24) is 14.5 Å². The number of nitrogens with zero attached hydrogens (tertiary/aromatic N) is 3. The van der Waals surface area contributed by atoms with Crippen molar-refractivity contribution in [3.63, 3.8) is 0 Å².